The molecule has 96 valence electrons. The van der Waals surface area contributed by atoms with Crippen LogP contribution in [0.3, 0.4) is 0 Å². The molecular weight excluding hydrogens is 260 g/mol. The fraction of sp³-hybridized carbons (Fsp3) is 0.357. The van der Waals surface area contributed by atoms with E-state index in [4.69, 9.17) is 0 Å². The Kier molecular flexibility index (Phi) is 4.80. The summed E-state index contributed by atoms with van der Waals surface area (Å²) in [5, 5.41) is 5.45. The van der Waals surface area contributed by atoms with Crippen molar-refractivity contribution in [1.82, 2.24) is 10.3 Å². The molecule has 4 heteroatoms. The van der Waals surface area contributed by atoms with E-state index in [9.17, 15) is 0 Å². The van der Waals surface area contributed by atoms with Crippen molar-refractivity contribution in [1.29, 1.82) is 0 Å². The van der Waals surface area contributed by atoms with E-state index in [0.717, 1.165) is 23.1 Å². The van der Waals surface area contributed by atoms with Crippen molar-refractivity contribution in [2.45, 2.75) is 36.6 Å². The lowest BCUT2D eigenvalue weighted by Crippen LogP contribution is -2.12. The number of hydrogen-bond donors (Lipinski definition) is 1. The number of rotatable bonds is 5. The number of nitrogens with one attached hydrogen (secondary N) is 1. The van der Waals surface area contributed by atoms with E-state index >= 15 is 0 Å². The summed E-state index contributed by atoms with van der Waals surface area (Å²) < 4.78 is 1.12. The van der Waals surface area contributed by atoms with Gasteiger partial charge in [0.05, 0.1) is 0 Å². The van der Waals surface area contributed by atoms with E-state index < -0.39 is 0 Å². The summed E-state index contributed by atoms with van der Waals surface area (Å²) in [6.45, 7) is 8.29. The van der Waals surface area contributed by atoms with Crippen LogP contribution in [0, 0.1) is 13.8 Å². The molecule has 0 bridgehead atoms. The Balaban J connectivity index is 2.08. The maximum Gasteiger partial charge on any atom is 0.154 e. The lowest BCUT2D eigenvalue weighted by Gasteiger charge is -2.08. The first-order valence-electron chi connectivity index (χ1n) is 6.09. The number of aromatic nitrogens is 1. The summed E-state index contributed by atoms with van der Waals surface area (Å²) in [6, 6.07) is 6.63. The molecule has 1 N–H and O–H groups in total. The number of hydrogen-bond acceptors (Lipinski definition) is 4. The van der Waals surface area contributed by atoms with E-state index in [0.29, 0.717) is 0 Å². The largest absolute Gasteiger partial charge is 0.313 e. The average molecular weight is 278 g/mol. The second-order valence-corrected chi connectivity index (χ2v) is 6.40. The number of benzene rings is 1. The van der Waals surface area contributed by atoms with Crippen LogP contribution in [0.4, 0.5) is 0 Å². The molecule has 0 amide bonds. The molecule has 2 nitrogen and oxygen atoms in total. The lowest BCUT2D eigenvalue weighted by atomic mass is 10.1. The predicted octanol–water partition coefficient (Wildman–Crippen LogP) is 4.02. The molecule has 2 rings (SSSR count). The maximum absolute atomic E-state index is 4.48. The third-order valence-corrected chi connectivity index (χ3v) is 4.73. The molecule has 0 saturated carbocycles. The summed E-state index contributed by atoms with van der Waals surface area (Å²) in [5.74, 6) is 0. The van der Waals surface area contributed by atoms with Crippen LogP contribution in [0.5, 0.6) is 0 Å². The van der Waals surface area contributed by atoms with Gasteiger partial charge in [-0.1, -0.05) is 24.8 Å². The topological polar surface area (TPSA) is 24.9 Å². The van der Waals surface area contributed by atoms with Gasteiger partial charge in [0.2, 0.25) is 0 Å². The average Bonchev–Trinajstić information content (AvgIpc) is 2.74. The highest BCUT2D eigenvalue weighted by atomic mass is 32.2. The van der Waals surface area contributed by atoms with Crippen LogP contribution in [0.1, 0.15) is 23.7 Å². The zero-order chi connectivity index (χ0) is 13.0. The zero-order valence-corrected chi connectivity index (χ0v) is 12.6. The van der Waals surface area contributed by atoms with Crippen molar-refractivity contribution in [3.05, 3.63) is 40.4 Å². The van der Waals surface area contributed by atoms with Crippen LogP contribution in [0.15, 0.2) is 32.8 Å². The predicted molar refractivity (Wildman–Crippen MR) is 79.5 cm³/mol. The molecular formula is C14H18N2S2. The fourth-order valence-electron chi connectivity index (χ4n) is 1.67. The minimum absolute atomic E-state index is 0.948. The Bertz CT molecular complexity index is 520. The SMILES string of the molecule is CCNCc1ccc(Sc2nc(C)cs2)cc1C. The Morgan fingerprint density at radius 1 is 1.33 bits per heavy atom. The van der Waals surface area contributed by atoms with Gasteiger partial charge in [0.25, 0.3) is 0 Å². The molecule has 1 aromatic heterocycles. The lowest BCUT2D eigenvalue weighted by molar-refractivity contribution is 0.723. The third-order valence-electron chi connectivity index (χ3n) is 2.68. The summed E-state index contributed by atoms with van der Waals surface area (Å²) in [5.41, 5.74) is 3.81. The van der Waals surface area contributed by atoms with Gasteiger partial charge in [-0.05, 0) is 43.7 Å². The Hall–Kier alpha value is -0.840. The van der Waals surface area contributed by atoms with Crippen molar-refractivity contribution in [2.75, 3.05) is 6.54 Å². The monoisotopic (exact) mass is 278 g/mol. The second-order valence-electron chi connectivity index (χ2n) is 4.23. The molecule has 0 unspecified atom stereocenters. The number of aryl methyl sites for hydroxylation is 2. The molecule has 0 aliphatic rings. The normalized spacial score (nSPS) is 10.8. The van der Waals surface area contributed by atoms with E-state index in [-0.39, 0.29) is 0 Å². The van der Waals surface area contributed by atoms with Crippen molar-refractivity contribution >= 4 is 23.1 Å². The summed E-state index contributed by atoms with van der Waals surface area (Å²) >= 11 is 3.45. The first kappa shape index (κ1) is 13.6. The molecule has 1 heterocycles. The Labute approximate surface area is 117 Å². The van der Waals surface area contributed by atoms with Crippen molar-refractivity contribution in [3.63, 3.8) is 0 Å². The van der Waals surface area contributed by atoms with Gasteiger partial charge in [-0.3, -0.25) is 0 Å². The highest BCUT2D eigenvalue weighted by Gasteiger charge is 2.04. The van der Waals surface area contributed by atoms with Crippen LogP contribution in [0.2, 0.25) is 0 Å². The highest BCUT2D eigenvalue weighted by molar-refractivity contribution is 8.01. The number of nitrogens with zero attached hydrogens (tertiary/aromatic N) is 1. The van der Waals surface area contributed by atoms with Crippen LogP contribution in [-0.4, -0.2) is 11.5 Å². The van der Waals surface area contributed by atoms with Crippen LogP contribution in [0.25, 0.3) is 0 Å². The van der Waals surface area contributed by atoms with E-state index in [2.05, 4.69) is 47.7 Å². The second kappa shape index (κ2) is 6.36. The van der Waals surface area contributed by atoms with Gasteiger partial charge in [-0.2, -0.15) is 0 Å². The summed E-state index contributed by atoms with van der Waals surface area (Å²) in [7, 11) is 0. The van der Waals surface area contributed by atoms with Gasteiger partial charge in [0.1, 0.15) is 0 Å². The number of thiazole rings is 1. The Morgan fingerprint density at radius 2 is 2.17 bits per heavy atom. The van der Waals surface area contributed by atoms with Gasteiger partial charge in [0.15, 0.2) is 4.34 Å². The standard InChI is InChI=1S/C14H18N2S2/c1-4-15-8-12-5-6-13(7-10(12)2)18-14-16-11(3)9-17-14/h5-7,9,15H,4,8H2,1-3H3. The van der Waals surface area contributed by atoms with Crippen molar-refractivity contribution in [3.8, 4) is 0 Å². The molecule has 0 saturated heterocycles. The van der Waals surface area contributed by atoms with Crippen LogP contribution >= 0.6 is 23.1 Å². The first-order valence-corrected chi connectivity index (χ1v) is 7.79. The van der Waals surface area contributed by atoms with Gasteiger partial charge in [0, 0.05) is 22.5 Å². The van der Waals surface area contributed by atoms with Crippen LogP contribution in [-0.2, 0) is 6.54 Å². The quantitative estimate of drug-likeness (QED) is 0.894. The minimum atomic E-state index is 0.948. The third kappa shape index (κ3) is 3.57. The van der Waals surface area contributed by atoms with Crippen LogP contribution < -0.4 is 5.32 Å². The highest BCUT2D eigenvalue weighted by Crippen LogP contribution is 2.31. The summed E-state index contributed by atoms with van der Waals surface area (Å²) in [4.78, 5) is 5.74. The molecule has 0 fully saturated rings. The van der Waals surface area contributed by atoms with Gasteiger partial charge < -0.3 is 5.32 Å². The maximum atomic E-state index is 4.48. The van der Waals surface area contributed by atoms with Gasteiger partial charge >= 0.3 is 0 Å². The smallest absolute Gasteiger partial charge is 0.154 e. The Morgan fingerprint density at radius 3 is 2.78 bits per heavy atom. The minimum Gasteiger partial charge on any atom is -0.313 e. The molecule has 1 aromatic carbocycles. The zero-order valence-electron chi connectivity index (χ0n) is 11.0. The van der Waals surface area contributed by atoms with Crippen molar-refractivity contribution < 1.29 is 0 Å². The van der Waals surface area contributed by atoms with Gasteiger partial charge in [-0.15, -0.1) is 11.3 Å². The van der Waals surface area contributed by atoms with E-state index in [1.165, 1.54) is 16.0 Å². The molecule has 0 radical (unpaired) electrons. The van der Waals surface area contributed by atoms with Crippen molar-refractivity contribution in [2.24, 2.45) is 0 Å². The molecule has 0 atom stereocenters. The van der Waals surface area contributed by atoms with Gasteiger partial charge in [-0.25, -0.2) is 4.98 Å². The molecule has 18 heavy (non-hydrogen) atoms. The molecule has 0 spiro atoms. The first-order chi connectivity index (χ1) is 8.69. The molecule has 2 aromatic rings. The molecule has 0 aliphatic carbocycles. The molecule has 0 aliphatic heterocycles. The summed E-state index contributed by atoms with van der Waals surface area (Å²) in [6.07, 6.45) is 0. The van der Waals surface area contributed by atoms with E-state index in [1.807, 2.05) is 6.92 Å². The van der Waals surface area contributed by atoms with E-state index in [1.54, 1.807) is 23.1 Å². The fourth-order valence-corrected chi connectivity index (χ4v) is 3.58.